The molecule has 7 heteroatoms. The summed E-state index contributed by atoms with van der Waals surface area (Å²) in [6, 6.07) is 2.33. The minimum absolute atomic E-state index is 0.0352. The SMILES string of the molecule is CC1CCN(S(=O)(=O)c2cc(F)c(Cl)c(CCl)c2)CC1C. The van der Waals surface area contributed by atoms with E-state index in [0.717, 1.165) is 12.5 Å². The predicted molar refractivity (Wildman–Crippen MR) is 82.7 cm³/mol. The average Bonchev–Trinajstić information content (AvgIpc) is 2.44. The van der Waals surface area contributed by atoms with Gasteiger partial charge in [0.05, 0.1) is 9.92 Å². The Labute approximate surface area is 135 Å². The summed E-state index contributed by atoms with van der Waals surface area (Å²) in [4.78, 5) is -0.0817. The van der Waals surface area contributed by atoms with Gasteiger partial charge in [0.2, 0.25) is 10.0 Å². The summed E-state index contributed by atoms with van der Waals surface area (Å²) < 4.78 is 40.5. The molecule has 118 valence electrons. The molecular formula is C14H18Cl2FNO2S. The number of piperidine rings is 1. The van der Waals surface area contributed by atoms with Gasteiger partial charge < -0.3 is 0 Å². The van der Waals surface area contributed by atoms with Gasteiger partial charge in [0.1, 0.15) is 5.82 Å². The maximum atomic E-state index is 13.8. The first kappa shape index (κ1) is 17.0. The monoisotopic (exact) mass is 353 g/mol. The highest BCUT2D eigenvalue weighted by atomic mass is 35.5. The van der Waals surface area contributed by atoms with E-state index in [4.69, 9.17) is 23.2 Å². The third-order valence-electron chi connectivity index (χ3n) is 4.16. The highest BCUT2D eigenvalue weighted by Gasteiger charge is 2.32. The quantitative estimate of drug-likeness (QED) is 0.773. The number of hydrogen-bond donors (Lipinski definition) is 0. The van der Waals surface area contributed by atoms with E-state index >= 15 is 0 Å². The summed E-state index contributed by atoms with van der Waals surface area (Å²) >= 11 is 11.5. The molecule has 1 aromatic carbocycles. The van der Waals surface area contributed by atoms with Crippen LogP contribution in [0.4, 0.5) is 4.39 Å². The van der Waals surface area contributed by atoms with Crippen molar-refractivity contribution in [3.63, 3.8) is 0 Å². The van der Waals surface area contributed by atoms with Crippen molar-refractivity contribution in [2.45, 2.75) is 31.0 Å². The van der Waals surface area contributed by atoms with E-state index in [9.17, 15) is 12.8 Å². The molecule has 1 heterocycles. The van der Waals surface area contributed by atoms with Crippen LogP contribution in [-0.4, -0.2) is 25.8 Å². The molecule has 0 aliphatic carbocycles. The van der Waals surface area contributed by atoms with Crippen molar-refractivity contribution >= 4 is 33.2 Å². The predicted octanol–water partition coefficient (Wildman–Crippen LogP) is 3.88. The van der Waals surface area contributed by atoms with Crippen LogP contribution in [0.3, 0.4) is 0 Å². The fraction of sp³-hybridized carbons (Fsp3) is 0.571. The van der Waals surface area contributed by atoms with E-state index in [2.05, 4.69) is 6.92 Å². The maximum absolute atomic E-state index is 13.8. The number of sulfonamides is 1. The van der Waals surface area contributed by atoms with Crippen LogP contribution in [0.15, 0.2) is 17.0 Å². The lowest BCUT2D eigenvalue weighted by atomic mass is 9.90. The molecule has 2 rings (SSSR count). The van der Waals surface area contributed by atoms with Crippen LogP contribution in [0.5, 0.6) is 0 Å². The van der Waals surface area contributed by atoms with Crippen molar-refractivity contribution < 1.29 is 12.8 Å². The first-order valence-corrected chi connectivity index (χ1v) is 9.16. The number of benzene rings is 1. The van der Waals surface area contributed by atoms with Crippen LogP contribution >= 0.6 is 23.2 Å². The van der Waals surface area contributed by atoms with Gasteiger partial charge in [-0.15, -0.1) is 11.6 Å². The van der Waals surface area contributed by atoms with Crippen LogP contribution < -0.4 is 0 Å². The first-order chi connectivity index (χ1) is 9.77. The summed E-state index contributed by atoms with van der Waals surface area (Å²) in [7, 11) is -3.71. The molecule has 0 bridgehead atoms. The van der Waals surface area contributed by atoms with Crippen molar-refractivity contribution in [2.24, 2.45) is 11.8 Å². The third-order valence-corrected chi connectivity index (χ3v) is 6.71. The van der Waals surface area contributed by atoms with E-state index in [1.54, 1.807) is 0 Å². The van der Waals surface area contributed by atoms with Crippen LogP contribution in [0.1, 0.15) is 25.8 Å². The highest BCUT2D eigenvalue weighted by Crippen LogP contribution is 2.30. The average molecular weight is 354 g/mol. The Morgan fingerprint density at radius 3 is 2.57 bits per heavy atom. The molecular weight excluding hydrogens is 336 g/mol. The fourth-order valence-electron chi connectivity index (χ4n) is 2.46. The van der Waals surface area contributed by atoms with Gasteiger partial charge in [-0.1, -0.05) is 25.4 Å². The van der Waals surface area contributed by atoms with Gasteiger partial charge in [-0.2, -0.15) is 4.31 Å². The Balaban J connectivity index is 2.38. The molecule has 1 aromatic rings. The largest absolute Gasteiger partial charge is 0.243 e. The molecule has 0 radical (unpaired) electrons. The van der Waals surface area contributed by atoms with Gasteiger partial charge in [-0.05, 0) is 36.0 Å². The zero-order valence-electron chi connectivity index (χ0n) is 11.9. The van der Waals surface area contributed by atoms with Crippen molar-refractivity contribution in [1.82, 2.24) is 4.31 Å². The highest BCUT2D eigenvalue weighted by molar-refractivity contribution is 7.89. The normalized spacial score (nSPS) is 24.2. The van der Waals surface area contributed by atoms with Crippen molar-refractivity contribution in [3.05, 3.63) is 28.5 Å². The van der Waals surface area contributed by atoms with Crippen LogP contribution in [0, 0.1) is 17.7 Å². The zero-order valence-corrected chi connectivity index (χ0v) is 14.3. The van der Waals surface area contributed by atoms with Gasteiger partial charge in [0.15, 0.2) is 0 Å². The summed E-state index contributed by atoms with van der Waals surface area (Å²) in [6.07, 6.45) is 0.804. The first-order valence-electron chi connectivity index (χ1n) is 6.81. The van der Waals surface area contributed by atoms with Crippen molar-refractivity contribution in [1.29, 1.82) is 0 Å². The second kappa shape index (κ2) is 6.41. The van der Waals surface area contributed by atoms with Crippen LogP contribution in [0.2, 0.25) is 5.02 Å². The fourth-order valence-corrected chi connectivity index (χ4v) is 4.53. The minimum atomic E-state index is -3.71. The van der Waals surface area contributed by atoms with Crippen LogP contribution in [-0.2, 0) is 15.9 Å². The zero-order chi connectivity index (χ0) is 15.8. The number of rotatable bonds is 3. The molecule has 21 heavy (non-hydrogen) atoms. The number of nitrogens with zero attached hydrogens (tertiary/aromatic N) is 1. The maximum Gasteiger partial charge on any atom is 0.243 e. The molecule has 2 unspecified atom stereocenters. The Morgan fingerprint density at radius 2 is 2.00 bits per heavy atom. The molecule has 1 saturated heterocycles. The second-order valence-corrected chi connectivity index (χ2v) is 8.20. The number of halogens is 3. The van der Waals surface area contributed by atoms with E-state index in [1.807, 2.05) is 6.92 Å². The standard InChI is InChI=1S/C14H18Cl2FNO2S/c1-9-3-4-18(8-10(9)2)21(19,20)12-5-11(7-15)14(16)13(17)6-12/h5-6,9-10H,3-4,7-8H2,1-2H3. The summed E-state index contributed by atoms with van der Waals surface area (Å²) in [6.45, 7) is 5.04. The molecule has 0 amide bonds. The third kappa shape index (κ3) is 3.36. The lowest BCUT2D eigenvalue weighted by molar-refractivity contribution is 0.212. The van der Waals surface area contributed by atoms with E-state index in [0.29, 0.717) is 19.0 Å². The summed E-state index contributed by atoms with van der Waals surface area (Å²) in [5.74, 6) is -0.0335. The molecule has 2 atom stereocenters. The molecule has 0 saturated carbocycles. The molecule has 0 aromatic heterocycles. The molecule has 3 nitrogen and oxygen atoms in total. The smallest absolute Gasteiger partial charge is 0.207 e. The molecule has 0 spiro atoms. The van der Waals surface area contributed by atoms with E-state index < -0.39 is 15.8 Å². The Hall–Kier alpha value is -0.360. The lowest BCUT2D eigenvalue weighted by Gasteiger charge is -2.34. The van der Waals surface area contributed by atoms with Gasteiger partial charge in [0, 0.05) is 19.0 Å². The van der Waals surface area contributed by atoms with Crippen molar-refractivity contribution in [3.8, 4) is 0 Å². The number of hydrogen-bond acceptors (Lipinski definition) is 2. The van der Waals surface area contributed by atoms with E-state index in [1.165, 1.54) is 10.4 Å². The molecule has 1 fully saturated rings. The summed E-state index contributed by atoms with van der Waals surface area (Å²) in [5, 5.41) is -0.121. The van der Waals surface area contributed by atoms with Gasteiger partial charge in [-0.3, -0.25) is 0 Å². The second-order valence-electron chi connectivity index (χ2n) is 5.62. The summed E-state index contributed by atoms with van der Waals surface area (Å²) in [5.41, 5.74) is 0.287. The topological polar surface area (TPSA) is 37.4 Å². The van der Waals surface area contributed by atoms with Crippen LogP contribution in [0.25, 0.3) is 0 Å². The number of alkyl halides is 1. The minimum Gasteiger partial charge on any atom is -0.207 e. The Kier molecular flexibility index (Phi) is 5.19. The molecule has 1 aliphatic rings. The van der Waals surface area contributed by atoms with Crippen molar-refractivity contribution in [2.75, 3.05) is 13.1 Å². The Bertz CT molecular complexity index is 636. The lowest BCUT2D eigenvalue weighted by Crippen LogP contribution is -2.42. The Morgan fingerprint density at radius 1 is 1.33 bits per heavy atom. The van der Waals surface area contributed by atoms with Gasteiger partial charge in [0.25, 0.3) is 0 Å². The van der Waals surface area contributed by atoms with Gasteiger partial charge >= 0.3 is 0 Å². The molecule has 1 aliphatic heterocycles. The molecule has 0 N–H and O–H groups in total. The van der Waals surface area contributed by atoms with Gasteiger partial charge in [-0.25, -0.2) is 12.8 Å². The van der Waals surface area contributed by atoms with E-state index in [-0.39, 0.29) is 27.3 Å².